The Morgan fingerprint density at radius 3 is 2.19 bits per heavy atom. The van der Waals surface area contributed by atoms with Crippen molar-refractivity contribution in [3.05, 3.63) is 101 Å². The molecule has 4 rings (SSSR count). The molecule has 0 spiro atoms. The van der Waals surface area contributed by atoms with Crippen LogP contribution >= 0.6 is 0 Å². The van der Waals surface area contributed by atoms with Crippen LogP contribution in [-0.4, -0.2) is 101 Å². The van der Waals surface area contributed by atoms with Crippen molar-refractivity contribution in [2.24, 2.45) is 17.0 Å². The van der Waals surface area contributed by atoms with Crippen LogP contribution in [0.5, 0.6) is 0 Å². The molecule has 52 heavy (non-hydrogen) atoms. The number of nitrogens with one attached hydrogen (secondary N) is 1. The molecule has 278 valence electrons. The predicted molar refractivity (Wildman–Crippen MR) is 195 cm³/mol. The smallest absolute Gasteiger partial charge is 0.328 e. The molecule has 0 aliphatic carbocycles. The zero-order valence-electron chi connectivity index (χ0n) is 30.0. The Hall–Kier alpha value is -4.92. The van der Waals surface area contributed by atoms with E-state index in [2.05, 4.69) is 10.5 Å². The highest BCUT2D eigenvalue weighted by Gasteiger charge is 2.44. The molecule has 1 heterocycles. The Morgan fingerprint density at radius 2 is 1.60 bits per heavy atom. The number of ketones is 1. The standard InChI is InChI=1S/C38H47N5O8S/c1-25(2)21-41(52(50,51)32-16-14-29(15-17-32)20-39-49)23-34(45)33(19-28-10-7-6-8-11-28)40-37(47)36(26(3)4)43-24-35(46)42(38(43)48)22-30-12-9-13-31(18-30)27(5)44/h6-18,20,25-26,33-34,36,45,49H,19,21-24H2,1-5H3,(H,40,47)/t33-,34+,36-/m0/s1. The third-order valence-electron chi connectivity index (χ3n) is 8.77. The predicted octanol–water partition coefficient (Wildman–Crippen LogP) is 3.92. The Labute approximate surface area is 305 Å². The van der Waals surface area contributed by atoms with Crippen molar-refractivity contribution >= 4 is 39.9 Å². The molecule has 1 fully saturated rings. The summed E-state index contributed by atoms with van der Waals surface area (Å²) in [4.78, 5) is 55.1. The van der Waals surface area contributed by atoms with Gasteiger partial charge in [0.2, 0.25) is 15.9 Å². The van der Waals surface area contributed by atoms with Gasteiger partial charge < -0.3 is 20.5 Å². The van der Waals surface area contributed by atoms with Gasteiger partial charge in [0.05, 0.1) is 29.8 Å². The van der Waals surface area contributed by atoms with Crippen LogP contribution in [0.3, 0.4) is 0 Å². The number of carbonyl (C=O) groups is 4. The van der Waals surface area contributed by atoms with E-state index < -0.39 is 52.0 Å². The molecule has 3 aromatic carbocycles. The first-order valence-electron chi connectivity index (χ1n) is 17.1. The maximum Gasteiger partial charge on any atom is 0.328 e. The molecular formula is C38H47N5O8S. The van der Waals surface area contributed by atoms with Crippen molar-refractivity contribution in [1.29, 1.82) is 0 Å². The molecule has 0 aromatic heterocycles. The fourth-order valence-corrected chi connectivity index (χ4v) is 7.81. The summed E-state index contributed by atoms with van der Waals surface area (Å²) >= 11 is 0. The molecule has 0 bridgehead atoms. The normalized spacial score (nSPS) is 15.6. The average molecular weight is 734 g/mol. The molecule has 3 aromatic rings. The van der Waals surface area contributed by atoms with E-state index in [1.54, 1.807) is 38.1 Å². The number of aliphatic hydroxyl groups is 1. The lowest BCUT2D eigenvalue weighted by molar-refractivity contribution is -0.129. The number of Topliss-reactive ketones (excluding diaryl/α,β-unsaturated/α-hetero) is 1. The van der Waals surface area contributed by atoms with Crippen molar-refractivity contribution in [2.75, 3.05) is 19.6 Å². The lowest BCUT2D eigenvalue weighted by Gasteiger charge is -2.34. The molecule has 13 nitrogen and oxygen atoms in total. The van der Waals surface area contributed by atoms with E-state index in [9.17, 15) is 32.7 Å². The van der Waals surface area contributed by atoms with Gasteiger partial charge in [0.25, 0.3) is 5.91 Å². The maximum atomic E-state index is 14.1. The Morgan fingerprint density at radius 1 is 0.942 bits per heavy atom. The van der Waals surface area contributed by atoms with Crippen molar-refractivity contribution in [3.8, 4) is 0 Å². The van der Waals surface area contributed by atoms with Crippen molar-refractivity contribution in [2.45, 2.75) is 70.7 Å². The fraction of sp³-hybridized carbons (Fsp3) is 0.395. The fourth-order valence-electron chi connectivity index (χ4n) is 6.18. The van der Waals surface area contributed by atoms with Crippen molar-refractivity contribution < 1.29 is 37.9 Å². The quantitative estimate of drug-likeness (QED) is 0.0615. The number of sulfonamides is 1. The van der Waals surface area contributed by atoms with Crippen LogP contribution < -0.4 is 5.32 Å². The summed E-state index contributed by atoms with van der Waals surface area (Å²) in [5, 5.41) is 26.5. The molecule has 1 aliphatic rings. The van der Waals surface area contributed by atoms with E-state index in [1.165, 1.54) is 46.6 Å². The van der Waals surface area contributed by atoms with Crippen LogP contribution in [0, 0.1) is 11.8 Å². The zero-order chi connectivity index (χ0) is 38.2. The van der Waals surface area contributed by atoms with E-state index >= 15 is 0 Å². The summed E-state index contributed by atoms with van der Waals surface area (Å²) in [7, 11) is -4.11. The lowest BCUT2D eigenvalue weighted by Crippen LogP contribution is -2.57. The molecule has 0 saturated carbocycles. The minimum absolute atomic E-state index is 0.0197. The van der Waals surface area contributed by atoms with E-state index in [1.807, 2.05) is 44.2 Å². The Kier molecular flexibility index (Phi) is 13.4. The van der Waals surface area contributed by atoms with Crippen LogP contribution in [0.4, 0.5) is 4.79 Å². The number of benzene rings is 3. The second-order valence-electron chi connectivity index (χ2n) is 13.7. The topological polar surface area (TPSA) is 177 Å². The van der Waals surface area contributed by atoms with Crippen molar-refractivity contribution in [3.63, 3.8) is 0 Å². The Balaban J connectivity index is 1.59. The van der Waals surface area contributed by atoms with Gasteiger partial charge in [0.15, 0.2) is 5.78 Å². The number of hydrogen-bond acceptors (Lipinski definition) is 9. The molecular weight excluding hydrogens is 687 g/mol. The summed E-state index contributed by atoms with van der Waals surface area (Å²) in [6.07, 6.45) is -0.0630. The number of amides is 4. The van der Waals surface area contributed by atoms with Gasteiger partial charge in [-0.2, -0.15) is 4.31 Å². The Bertz CT molecular complexity index is 1870. The molecule has 14 heteroatoms. The van der Waals surface area contributed by atoms with Crippen LogP contribution in [0.2, 0.25) is 0 Å². The largest absolute Gasteiger partial charge is 0.411 e. The van der Waals surface area contributed by atoms with Crippen LogP contribution in [0.25, 0.3) is 0 Å². The minimum atomic E-state index is -4.11. The van der Waals surface area contributed by atoms with Gasteiger partial charge in [-0.15, -0.1) is 0 Å². The summed E-state index contributed by atoms with van der Waals surface area (Å²) < 4.78 is 28.9. The monoisotopic (exact) mass is 733 g/mol. The summed E-state index contributed by atoms with van der Waals surface area (Å²) in [6, 6.07) is 18.8. The zero-order valence-corrected chi connectivity index (χ0v) is 30.9. The number of carbonyl (C=O) groups excluding carboxylic acids is 4. The van der Waals surface area contributed by atoms with E-state index in [0.29, 0.717) is 16.7 Å². The van der Waals surface area contributed by atoms with Crippen LogP contribution in [0.15, 0.2) is 88.9 Å². The van der Waals surface area contributed by atoms with Gasteiger partial charge >= 0.3 is 6.03 Å². The second-order valence-corrected chi connectivity index (χ2v) is 15.7. The summed E-state index contributed by atoms with van der Waals surface area (Å²) in [6.45, 7) is 7.95. The molecule has 0 radical (unpaired) electrons. The number of urea groups is 1. The van der Waals surface area contributed by atoms with E-state index in [4.69, 9.17) is 5.21 Å². The number of nitrogens with zero attached hydrogens (tertiary/aromatic N) is 4. The molecule has 4 amide bonds. The first kappa shape index (κ1) is 39.9. The molecule has 0 unspecified atom stereocenters. The highest BCUT2D eigenvalue weighted by molar-refractivity contribution is 7.89. The van der Waals surface area contributed by atoms with Crippen LogP contribution in [0.1, 0.15) is 61.7 Å². The van der Waals surface area contributed by atoms with Gasteiger partial charge in [-0.25, -0.2) is 13.2 Å². The van der Waals surface area contributed by atoms with E-state index in [0.717, 1.165) is 10.5 Å². The van der Waals surface area contributed by atoms with Gasteiger partial charge in [-0.1, -0.05) is 93.5 Å². The number of oxime groups is 1. The van der Waals surface area contributed by atoms with Gasteiger partial charge in [-0.3, -0.25) is 19.3 Å². The maximum absolute atomic E-state index is 14.1. The highest BCUT2D eigenvalue weighted by Crippen LogP contribution is 2.24. The first-order chi connectivity index (χ1) is 24.6. The van der Waals surface area contributed by atoms with Gasteiger partial charge in [0.1, 0.15) is 12.6 Å². The number of hydrogen-bond donors (Lipinski definition) is 3. The SMILES string of the molecule is CC(=O)c1cccc(CN2C(=O)CN([C@H](C(=O)N[C@@H](Cc3ccccc3)[C@H](O)CN(CC(C)C)S(=O)(=O)c3ccc(C=NO)cc3)C(C)C)C2=O)c1. The molecule has 1 aliphatic heterocycles. The highest BCUT2D eigenvalue weighted by atomic mass is 32.2. The molecule has 1 saturated heterocycles. The van der Waals surface area contributed by atoms with Crippen molar-refractivity contribution in [1.82, 2.24) is 19.4 Å². The summed E-state index contributed by atoms with van der Waals surface area (Å²) in [5.41, 5.74) is 2.30. The molecule has 3 atom stereocenters. The third kappa shape index (κ3) is 9.90. The van der Waals surface area contributed by atoms with E-state index in [-0.39, 0.29) is 49.2 Å². The number of aliphatic hydroxyl groups excluding tert-OH is 1. The van der Waals surface area contributed by atoms with Gasteiger partial charge in [0, 0.05) is 18.7 Å². The minimum Gasteiger partial charge on any atom is -0.411 e. The van der Waals surface area contributed by atoms with Crippen LogP contribution in [-0.2, 0) is 32.6 Å². The molecule has 3 N–H and O–H groups in total. The lowest BCUT2D eigenvalue weighted by atomic mass is 9.97. The third-order valence-corrected chi connectivity index (χ3v) is 10.6. The average Bonchev–Trinajstić information content (AvgIpc) is 3.36. The number of imide groups is 1. The van der Waals surface area contributed by atoms with Gasteiger partial charge in [-0.05, 0) is 60.1 Å². The first-order valence-corrected chi connectivity index (χ1v) is 18.6. The second kappa shape index (κ2) is 17.5. The summed E-state index contributed by atoms with van der Waals surface area (Å²) in [5.74, 6) is -1.80. The number of rotatable bonds is 17.